The number of aromatic amines is 1. The van der Waals surface area contributed by atoms with E-state index in [1.54, 1.807) is 6.07 Å². The summed E-state index contributed by atoms with van der Waals surface area (Å²) in [7, 11) is -2.86. The van der Waals surface area contributed by atoms with Crippen molar-refractivity contribution < 1.29 is 18.3 Å². The van der Waals surface area contributed by atoms with Crippen molar-refractivity contribution >= 4 is 35.9 Å². The van der Waals surface area contributed by atoms with E-state index >= 15 is 0 Å². The van der Waals surface area contributed by atoms with Gasteiger partial charge in [-0.2, -0.15) is 0 Å². The van der Waals surface area contributed by atoms with Crippen LogP contribution in [0.25, 0.3) is 11.0 Å². The Morgan fingerprint density at radius 1 is 1.06 bits per heavy atom. The fourth-order valence-electron chi connectivity index (χ4n) is 3.60. The molecule has 6 nitrogen and oxygen atoms in total. The first-order valence-electron chi connectivity index (χ1n) is 10.6. The monoisotopic (exact) mass is 480 g/mol. The molecule has 3 aromatic carbocycles. The third-order valence-corrected chi connectivity index (χ3v) is 8.33. The molecule has 0 atom stereocenters. The average molecular weight is 481 g/mol. The second kappa shape index (κ2) is 9.15. The molecule has 1 fully saturated rings. The first-order chi connectivity index (χ1) is 16.0. The fourth-order valence-corrected chi connectivity index (χ4v) is 6.27. The number of hydrogen-bond donors (Lipinski definition) is 1. The summed E-state index contributed by atoms with van der Waals surface area (Å²) in [4.78, 5) is 7.71. The van der Waals surface area contributed by atoms with Gasteiger partial charge in [-0.3, -0.25) is 0 Å². The summed E-state index contributed by atoms with van der Waals surface area (Å²) < 4.78 is 23.6. The van der Waals surface area contributed by atoms with Gasteiger partial charge in [0.1, 0.15) is 0 Å². The maximum atomic E-state index is 6.45. The minimum absolute atomic E-state index is 0.271. The molecule has 5 rings (SSSR count). The van der Waals surface area contributed by atoms with Crippen LogP contribution in [0.4, 0.5) is 0 Å². The van der Waals surface area contributed by atoms with E-state index in [0.29, 0.717) is 34.5 Å². The van der Waals surface area contributed by atoms with Gasteiger partial charge in [0.15, 0.2) is 0 Å². The van der Waals surface area contributed by atoms with Crippen molar-refractivity contribution in [3.63, 3.8) is 0 Å². The summed E-state index contributed by atoms with van der Waals surface area (Å²) in [5, 5.41) is 1.39. The molecule has 2 heterocycles. The number of aromatic nitrogens is 2. The van der Waals surface area contributed by atoms with Gasteiger partial charge >= 0.3 is 167 Å². The Kier molecular flexibility index (Phi) is 6.07. The van der Waals surface area contributed by atoms with Crippen LogP contribution in [-0.2, 0) is 13.6 Å². The number of halogens is 1. The molecular weight excluding hydrogens is 459 g/mol. The summed E-state index contributed by atoms with van der Waals surface area (Å²) in [6.45, 7) is 4.27. The number of H-pyrrole nitrogens is 1. The summed E-state index contributed by atoms with van der Waals surface area (Å²) in [6.07, 6.45) is -0.271. The van der Waals surface area contributed by atoms with Crippen molar-refractivity contribution in [2.75, 3.05) is 6.61 Å². The normalized spacial score (nSPS) is 17.6. The first-order valence-corrected chi connectivity index (χ1v) is 12.7. The van der Waals surface area contributed by atoms with Gasteiger partial charge in [-0.1, -0.05) is 18.2 Å². The summed E-state index contributed by atoms with van der Waals surface area (Å²) in [6, 6.07) is 21.3. The molecule has 1 saturated heterocycles. The molecule has 1 aliphatic heterocycles. The molecule has 0 aliphatic carbocycles. The molecule has 1 aliphatic rings. The molecule has 0 amide bonds. The van der Waals surface area contributed by atoms with Gasteiger partial charge in [0, 0.05) is 0 Å². The molecule has 0 radical (unpaired) electrons. The zero-order chi connectivity index (χ0) is 22.8. The van der Waals surface area contributed by atoms with Gasteiger partial charge in [-0.05, 0) is 12.1 Å². The summed E-state index contributed by atoms with van der Waals surface area (Å²) >= 11 is 6.45. The first kappa shape index (κ1) is 21.9. The third-order valence-electron chi connectivity index (χ3n) is 5.04. The second-order valence-corrected chi connectivity index (χ2v) is 10.3. The standard InChI is InChI=1S/C25H22ClN2O4P/c1-3-29-33(31-17(2)32-33)21-11-7-10-20(15-21)30-25-27-23-14-19(22(26)16-24(23)28-25)13-12-18-8-5-4-6-9-18/h4-11,14-17,33H,3H2,1-2H3,(H,27,28). The van der Waals surface area contributed by atoms with Crippen molar-refractivity contribution in [2.24, 2.45) is 0 Å². The van der Waals surface area contributed by atoms with Crippen LogP contribution in [0.2, 0.25) is 5.02 Å². The molecule has 4 aromatic rings. The average Bonchev–Trinajstić information content (AvgIpc) is 3.18. The Hall–Kier alpha value is -2.91. The van der Waals surface area contributed by atoms with E-state index < -0.39 is 7.94 Å². The third kappa shape index (κ3) is 4.60. The Morgan fingerprint density at radius 3 is 2.64 bits per heavy atom. The second-order valence-electron chi connectivity index (χ2n) is 7.43. The minimum atomic E-state index is -2.86. The summed E-state index contributed by atoms with van der Waals surface area (Å²) in [5.74, 6) is 6.84. The number of rotatable bonds is 5. The number of imidazole rings is 1. The number of nitrogens with zero attached hydrogens (tertiary/aromatic N) is 1. The number of nitrogens with one attached hydrogen (secondary N) is 1. The van der Waals surface area contributed by atoms with Crippen molar-refractivity contribution in [2.45, 2.75) is 20.1 Å². The zero-order valence-corrected chi connectivity index (χ0v) is 19.8. The Balaban J connectivity index is 1.40. The van der Waals surface area contributed by atoms with E-state index in [1.807, 2.05) is 74.5 Å². The maximum absolute atomic E-state index is 6.45. The molecule has 0 bridgehead atoms. The Morgan fingerprint density at radius 2 is 1.88 bits per heavy atom. The molecule has 168 valence electrons. The molecule has 33 heavy (non-hydrogen) atoms. The van der Waals surface area contributed by atoms with Crippen molar-refractivity contribution in [3.8, 4) is 23.6 Å². The van der Waals surface area contributed by atoms with Gasteiger partial charge in [0.2, 0.25) is 0 Å². The van der Waals surface area contributed by atoms with E-state index in [1.165, 1.54) is 0 Å². The van der Waals surface area contributed by atoms with Crippen LogP contribution < -0.4 is 10.0 Å². The fraction of sp³-hybridized carbons (Fsp3) is 0.160. The van der Waals surface area contributed by atoms with E-state index in [2.05, 4.69) is 21.8 Å². The van der Waals surface area contributed by atoms with Crippen LogP contribution in [0.5, 0.6) is 11.8 Å². The molecule has 0 spiro atoms. The quantitative estimate of drug-likeness (QED) is 0.282. The number of ether oxygens (including phenoxy) is 1. The van der Waals surface area contributed by atoms with Gasteiger partial charge in [-0.25, -0.2) is 0 Å². The van der Waals surface area contributed by atoms with Crippen LogP contribution in [0.1, 0.15) is 25.0 Å². The SMILES string of the molecule is CCO[PH]1(c2cccc(Oc3nc4cc(C#Cc5ccccc5)c(Cl)cc4[nH]3)c2)OC(C)O1. The van der Waals surface area contributed by atoms with E-state index in [-0.39, 0.29) is 6.29 Å². The van der Waals surface area contributed by atoms with Crippen molar-refractivity contribution in [3.05, 3.63) is 82.9 Å². The van der Waals surface area contributed by atoms with E-state index in [0.717, 1.165) is 16.4 Å². The molecular formula is C25H22ClN2O4P. The number of fused-ring (bicyclic) bond motifs is 1. The Bertz CT molecular complexity index is 1350. The van der Waals surface area contributed by atoms with Crippen molar-refractivity contribution in [1.29, 1.82) is 0 Å². The van der Waals surface area contributed by atoms with Crippen LogP contribution in [0, 0.1) is 11.8 Å². The molecule has 0 saturated carbocycles. The molecule has 0 unspecified atom stereocenters. The molecule has 8 heteroatoms. The van der Waals surface area contributed by atoms with Crippen LogP contribution in [0.3, 0.4) is 0 Å². The number of hydrogen-bond acceptors (Lipinski definition) is 5. The van der Waals surface area contributed by atoms with Crippen LogP contribution >= 0.6 is 19.5 Å². The summed E-state index contributed by atoms with van der Waals surface area (Å²) in [5.41, 5.74) is 3.09. The molecule has 1 aromatic heterocycles. The van der Waals surface area contributed by atoms with Gasteiger partial charge in [-0.15, -0.1) is 0 Å². The number of benzene rings is 3. The van der Waals surface area contributed by atoms with Crippen molar-refractivity contribution in [1.82, 2.24) is 9.97 Å². The van der Waals surface area contributed by atoms with E-state index in [4.69, 9.17) is 29.9 Å². The Labute approximate surface area is 197 Å². The topological polar surface area (TPSA) is 65.6 Å². The van der Waals surface area contributed by atoms with Gasteiger partial charge in [0.05, 0.1) is 0 Å². The van der Waals surface area contributed by atoms with Crippen LogP contribution in [0.15, 0.2) is 66.7 Å². The van der Waals surface area contributed by atoms with Gasteiger partial charge in [0.25, 0.3) is 0 Å². The zero-order valence-electron chi connectivity index (χ0n) is 18.1. The predicted octanol–water partition coefficient (Wildman–Crippen LogP) is 5.96. The van der Waals surface area contributed by atoms with Gasteiger partial charge < -0.3 is 0 Å². The molecule has 1 N–H and O–H groups in total. The van der Waals surface area contributed by atoms with E-state index in [9.17, 15) is 0 Å². The predicted molar refractivity (Wildman–Crippen MR) is 131 cm³/mol. The van der Waals surface area contributed by atoms with Crippen LogP contribution in [-0.4, -0.2) is 22.9 Å².